The molecule has 0 radical (unpaired) electrons. The van der Waals surface area contributed by atoms with Crippen LogP contribution >= 0.6 is 0 Å². The van der Waals surface area contributed by atoms with E-state index in [9.17, 15) is 27.6 Å². The van der Waals surface area contributed by atoms with Gasteiger partial charge in [-0.1, -0.05) is 37.1 Å². The van der Waals surface area contributed by atoms with E-state index in [0.29, 0.717) is 59.9 Å². The molecule has 4 amide bonds. The highest BCUT2D eigenvalue weighted by Gasteiger charge is 2.62. The van der Waals surface area contributed by atoms with Crippen LogP contribution in [-0.4, -0.2) is 90.3 Å². The number of nitrogens with zero attached hydrogens (tertiary/aromatic N) is 2. The zero-order valence-electron chi connectivity index (χ0n) is 33.0. The average Bonchev–Trinajstić information content (AvgIpc) is 4.07. The van der Waals surface area contributed by atoms with E-state index in [1.54, 1.807) is 33.9 Å². The number of benzene rings is 2. The quantitative estimate of drug-likeness (QED) is 0.203. The number of amides is 4. The number of nitrogens with one attached hydrogen (secondary N) is 3. The summed E-state index contributed by atoms with van der Waals surface area (Å²) in [6.07, 6.45) is 6.51. The number of para-hydroxylation sites is 1. The van der Waals surface area contributed by atoms with Crippen LogP contribution in [0.3, 0.4) is 0 Å². The lowest BCUT2D eigenvalue weighted by molar-refractivity contribution is -0.141. The monoisotopic (exact) mass is 815 g/mol. The van der Waals surface area contributed by atoms with Crippen LogP contribution in [0, 0.1) is 5.92 Å². The molecule has 2 aromatic carbocycles. The second kappa shape index (κ2) is 15.1. The third-order valence-corrected chi connectivity index (χ3v) is 13.1. The second-order valence-corrected chi connectivity index (χ2v) is 18.8. The molecule has 8 rings (SSSR count). The summed E-state index contributed by atoms with van der Waals surface area (Å²) in [6, 6.07) is 10.8. The van der Waals surface area contributed by atoms with E-state index in [1.807, 2.05) is 48.6 Å². The number of ether oxygens (including phenoxy) is 3. The zero-order chi connectivity index (χ0) is 41.0. The van der Waals surface area contributed by atoms with Crippen LogP contribution in [0.1, 0.15) is 78.6 Å². The number of furan rings is 1. The van der Waals surface area contributed by atoms with Gasteiger partial charge in [-0.15, -0.1) is 0 Å². The van der Waals surface area contributed by atoms with Crippen molar-refractivity contribution in [2.75, 3.05) is 13.7 Å². The van der Waals surface area contributed by atoms with Crippen molar-refractivity contribution in [3.05, 3.63) is 54.6 Å². The zero-order valence-corrected chi connectivity index (χ0v) is 33.9. The molecule has 16 heteroatoms. The molecule has 308 valence electrons. The number of hydrogen-bond donors (Lipinski definition) is 3. The Balaban J connectivity index is 1.15. The molecule has 15 nitrogen and oxygen atoms in total. The summed E-state index contributed by atoms with van der Waals surface area (Å²) in [5.74, 6) is -1.61. The van der Waals surface area contributed by atoms with Crippen molar-refractivity contribution < 1.29 is 46.2 Å². The summed E-state index contributed by atoms with van der Waals surface area (Å²) in [6.45, 7) is 5.13. The van der Waals surface area contributed by atoms with Crippen molar-refractivity contribution in [1.29, 1.82) is 0 Å². The van der Waals surface area contributed by atoms with E-state index in [2.05, 4.69) is 15.4 Å². The lowest BCUT2D eigenvalue weighted by Crippen LogP contribution is -2.58. The Morgan fingerprint density at radius 1 is 1.02 bits per heavy atom. The molecule has 2 aliphatic heterocycles. The van der Waals surface area contributed by atoms with E-state index in [0.717, 1.165) is 23.6 Å². The minimum absolute atomic E-state index is 0.00657. The molecule has 2 aliphatic carbocycles. The van der Waals surface area contributed by atoms with Gasteiger partial charge in [-0.25, -0.2) is 18.2 Å². The van der Waals surface area contributed by atoms with Gasteiger partial charge in [-0.3, -0.25) is 19.1 Å². The van der Waals surface area contributed by atoms with Gasteiger partial charge in [0.05, 0.1) is 24.3 Å². The molecule has 5 atom stereocenters. The molecule has 0 unspecified atom stereocenters. The Morgan fingerprint density at radius 2 is 1.81 bits per heavy atom. The molecule has 2 aromatic heterocycles. The van der Waals surface area contributed by atoms with E-state index in [-0.39, 0.29) is 25.3 Å². The SMILES string of the molecule is COc1ccc2c(c1)c(O[C@@H]1C[C@H]3C(=O)N[C@]4(C(=O)NS(=O)(=O)C5CC5)C[C@H]4/C=C\CCCCC[C@H](NC(=O)OC(C)(C)C)C(=O)N3C1)nc1c3ccccc3oc21. The standard InChI is InChI=1S/C42H49N5O10S/c1-41(2,3)57-40(51)43-31-14-9-7-5-6-8-12-24-22-42(24,39(50)46-58(52,53)27-17-18-27)45-36(48)32-21-26(23-47(32)38(31)49)55-37-30-20-25(54-4)16-19-28(30)35-34(44-37)29-13-10-11-15-33(29)56-35/h8,10-13,15-16,19-20,24,26-27,31-32H,5-7,9,14,17-18,21-23H2,1-4H3,(H,43,51)(H,45,48)(H,46,50)/b12-8-/t24-,26-,31+,32+,42-/m1/s1. The third-order valence-electron chi connectivity index (χ3n) is 11.3. The summed E-state index contributed by atoms with van der Waals surface area (Å²) in [4.78, 5) is 62.5. The summed E-state index contributed by atoms with van der Waals surface area (Å²) < 4.78 is 52.1. The summed E-state index contributed by atoms with van der Waals surface area (Å²) >= 11 is 0. The first-order valence-electron chi connectivity index (χ1n) is 20.0. The van der Waals surface area contributed by atoms with Gasteiger partial charge in [0.25, 0.3) is 5.91 Å². The maximum atomic E-state index is 14.7. The number of aromatic nitrogens is 1. The fraction of sp³-hybridized carbons (Fsp3) is 0.500. The molecule has 4 heterocycles. The lowest BCUT2D eigenvalue weighted by atomic mass is 10.0. The van der Waals surface area contributed by atoms with Crippen LogP contribution < -0.4 is 24.8 Å². The first-order valence-corrected chi connectivity index (χ1v) is 21.5. The molecule has 1 saturated heterocycles. The number of methoxy groups -OCH3 is 1. The number of pyridine rings is 1. The number of fused-ring (bicyclic) bond motifs is 7. The van der Waals surface area contributed by atoms with Gasteiger partial charge >= 0.3 is 6.09 Å². The molecule has 4 aromatic rings. The summed E-state index contributed by atoms with van der Waals surface area (Å²) in [5, 5.41) is 7.11. The molecule has 3 fully saturated rings. The number of alkyl carbamates (subject to hydrolysis) is 1. The number of rotatable bonds is 7. The van der Waals surface area contributed by atoms with E-state index in [1.165, 1.54) is 4.90 Å². The number of carbonyl (C=O) groups is 4. The van der Waals surface area contributed by atoms with Gasteiger partial charge in [0.2, 0.25) is 27.7 Å². The maximum Gasteiger partial charge on any atom is 0.408 e. The van der Waals surface area contributed by atoms with Crippen molar-refractivity contribution >= 4 is 66.7 Å². The predicted molar refractivity (Wildman–Crippen MR) is 215 cm³/mol. The van der Waals surface area contributed by atoms with Gasteiger partial charge < -0.3 is 34.2 Å². The third kappa shape index (κ3) is 7.90. The fourth-order valence-electron chi connectivity index (χ4n) is 8.06. The first-order chi connectivity index (χ1) is 27.7. The predicted octanol–water partition coefficient (Wildman–Crippen LogP) is 5.39. The largest absolute Gasteiger partial charge is 0.497 e. The van der Waals surface area contributed by atoms with Crippen LogP contribution in [-0.2, 0) is 29.1 Å². The minimum Gasteiger partial charge on any atom is -0.497 e. The highest BCUT2D eigenvalue weighted by Crippen LogP contribution is 2.46. The minimum atomic E-state index is -3.91. The number of sulfonamides is 1. The van der Waals surface area contributed by atoms with Gasteiger partial charge in [-0.05, 0) is 89.6 Å². The molecular formula is C42H49N5O10S. The molecule has 3 N–H and O–H groups in total. The molecule has 2 saturated carbocycles. The fourth-order valence-corrected chi connectivity index (χ4v) is 9.42. The van der Waals surface area contributed by atoms with Crippen LogP contribution in [0.5, 0.6) is 11.6 Å². The maximum absolute atomic E-state index is 14.7. The number of hydrogen-bond acceptors (Lipinski definition) is 11. The Hall–Kier alpha value is -5.38. The van der Waals surface area contributed by atoms with Crippen molar-refractivity contribution in [1.82, 2.24) is 25.2 Å². The Labute approximate surface area is 336 Å². The Morgan fingerprint density at radius 3 is 2.57 bits per heavy atom. The van der Waals surface area contributed by atoms with Crippen LogP contribution in [0.25, 0.3) is 32.8 Å². The lowest BCUT2D eigenvalue weighted by Gasteiger charge is -2.30. The molecule has 0 spiro atoms. The van der Waals surface area contributed by atoms with Crippen molar-refractivity contribution in [3.8, 4) is 11.6 Å². The van der Waals surface area contributed by atoms with Gasteiger partial charge in [0.1, 0.15) is 46.2 Å². The van der Waals surface area contributed by atoms with E-state index >= 15 is 0 Å². The topological polar surface area (TPSA) is 195 Å². The van der Waals surface area contributed by atoms with Crippen LogP contribution in [0.15, 0.2) is 59.0 Å². The van der Waals surface area contributed by atoms with Crippen molar-refractivity contribution in [2.24, 2.45) is 5.92 Å². The van der Waals surface area contributed by atoms with Crippen molar-refractivity contribution in [3.63, 3.8) is 0 Å². The van der Waals surface area contributed by atoms with E-state index < -0.39 is 74.3 Å². The summed E-state index contributed by atoms with van der Waals surface area (Å²) in [5.41, 5.74) is -0.562. The Kier molecular flexibility index (Phi) is 10.3. The van der Waals surface area contributed by atoms with Gasteiger partial charge in [0.15, 0.2) is 5.58 Å². The molecule has 4 aliphatic rings. The van der Waals surface area contributed by atoms with Gasteiger partial charge in [-0.2, -0.15) is 0 Å². The van der Waals surface area contributed by atoms with Crippen LogP contribution in [0.2, 0.25) is 0 Å². The highest BCUT2D eigenvalue weighted by molar-refractivity contribution is 7.91. The molecule has 0 bridgehead atoms. The number of allylic oxidation sites excluding steroid dienone is 1. The van der Waals surface area contributed by atoms with Gasteiger partial charge in [0, 0.05) is 23.1 Å². The smallest absolute Gasteiger partial charge is 0.408 e. The molecular weight excluding hydrogens is 767 g/mol. The summed E-state index contributed by atoms with van der Waals surface area (Å²) in [7, 11) is -2.36. The first kappa shape index (κ1) is 39.4. The Bertz CT molecular complexity index is 2440. The normalized spacial score (nSPS) is 26.2. The second-order valence-electron chi connectivity index (χ2n) is 16.8. The van der Waals surface area contributed by atoms with Crippen LogP contribution in [0.4, 0.5) is 4.79 Å². The average molecular weight is 816 g/mol. The van der Waals surface area contributed by atoms with E-state index in [4.69, 9.17) is 23.6 Å². The molecule has 58 heavy (non-hydrogen) atoms. The van der Waals surface area contributed by atoms with Crippen molar-refractivity contribution in [2.45, 2.75) is 113 Å². The number of carbonyl (C=O) groups excluding carboxylic acids is 4. The highest BCUT2D eigenvalue weighted by atomic mass is 32.2.